The van der Waals surface area contributed by atoms with Crippen LogP contribution in [0.3, 0.4) is 0 Å². The summed E-state index contributed by atoms with van der Waals surface area (Å²) in [4.78, 5) is 2.38. The van der Waals surface area contributed by atoms with Crippen LogP contribution in [0, 0.1) is 0 Å². The first-order valence-electron chi connectivity index (χ1n) is 18.3. The van der Waals surface area contributed by atoms with Gasteiger partial charge in [0.15, 0.2) is 0 Å². The maximum Gasteiger partial charge on any atom is 0.0468 e. The van der Waals surface area contributed by atoms with Crippen LogP contribution in [0.15, 0.2) is 200 Å². The van der Waals surface area contributed by atoms with E-state index >= 15 is 0 Å². The molecule has 0 saturated heterocycles. The molecule has 0 radical (unpaired) electrons. The van der Waals surface area contributed by atoms with Crippen LogP contribution in [0.25, 0.3) is 87.6 Å². The van der Waals surface area contributed by atoms with Gasteiger partial charge in [0.05, 0.1) is 0 Å². The molecule has 0 atom stereocenters. The molecule has 1 nitrogen and oxygen atoms in total. The number of rotatable bonds is 5. The lowest BCUT2D eigenvalue weighted by atomic mass is 9.78. The van der Waals surface area contributed by atoms with Crippen molar-refractivity contribution in [2.45, 2.75) is 0 Å². The van der Waals surface area contributed by atoms with Crippen LogP contribution in [0.2, 0.25) is 0 Å². The van der Waals surface area contributed by atoms with Crippen LogP contribution in [0.4, 0.5) is 17.1 Å². The molecule has 1 aliphatic carbocycles. The van der Waals surface area contributed by atoms with Crippen molar-refractivity contribution in [2.24, 2.45) is 0 Å². The van der Waals surface area contributed by atoms with Crippen molar-refractivity contribution in [3.63, 3.8) is 0 Å². The molecule has 0 aliphatic heterocycles. The van der Waals surface area contributed by atoms with Crippen LogP contribution >= 0.6 is 0 Å². The zero-order valence-corrected chi connectivity index (χ0v) is 29.0. The lowest BCUT2D eigenvalue weighted by molar-refractivity contribution is 1.29. The number of fused-ring (bicyclic) bond motifs is 9. The largest absolute Gasteiger partial charge is 0.310 e. The van der Waals surface area contributed by atoms with Crippen molar-refractivity contribution < 1.29 is 0 Å². The quantitative estimate of drug-likeness (QED) is 0.165. The fourth-order valence-corrected chi connectivity index (χ4v) is 8.37. The predicted molar refractivity (Wildman–Crippen MR) is 226 cm³/mol. The molecule has 0 amide bonds. The third-order valence-corrected chi connectivity index (χ3v) is 11.1. The Hall–Kier alpha value is -6.96. The molecule has 0 N–H and O–H groups in total. The summed E-state index contributed by atoms with van der Waals surface area (Å²) >= 11 is 0. The zero-order chi connectivity index (χ0) is 34.9. The Bertz CT molecular complexity index is 3030. The molecule has 10 aromatic carbocycles. The second-order valence-electron chi connectivity index (χ2n) is 14.2. The van der Waals surface area contributed by atoms with E-state index in [1.807, 2.05) is 0 Å². The van der Waals surface area contributed by atoms with Gasteiger partial charge in [0.25, 0.3) is 0 Å². The third-order valence-electron chi connectivity index (χ3n) is 11.1. The van der Waals surface area contributed by atoms with Gasteiger partial charge in [-0.25, -0.2) is 0 Å². The van der Waals surface area contributed by atoms with E-state index in [4.69, 9.17) is 0 Å². The summed E-state index contributed by atoms with van der Waals surface area (Å²) in [5.74, 6) is 0. The first kappa shape index (κ1) is 29.7. The summed E-state index contributed by atoms with van der Waals surface area (Å²) in [6, 6.07) is 73.5. The summed E-state index contributed by atoms with van der Waals surface area (Å²) in [5, 5.41) is 10.2. The van der Waals surface area contributed by atoms with Crippen molar-refractivity contribution in [3.05, 3.63) is 200 Å². The molecule has 246 valence electrons. The average Bonchev–Trinajstić information content (AvgIpc) is 3.23. The Balaban J connectivity index is 0.996. The predicted octanol–water partition coefficient (Wildman–Crippen LogP) is 14.8. The first-order chi connectivity index (χ1) is 26.2. The monoisotopic (exact) mass is 671 g/mol. The summed E-state index contributed by atoms with van der Waals surface area (Å²) in [5.41, 5.74) is 13.6. The van der Waals surface area contributed by atoms with Gasteiger partial charge in [0.2, 0.25) is 0 Å². The highest BCUT2D eigenvalue weighted by Crippen LogP contribution is 2.51. The maximum atomic E-state index is 2.38. The molecule has 0 saturated carbocycles. The highest BCUT2D eigenvalue weighted by atomic mass is 15.1. The minimum atomic E-state index is 1.12. The number of hydrogen-bond acceptors (Lipinski definition) is 1. The van der Waals surface area contributed by atoms with Crippen molar-refractivity contribution in [1.82, 2.24) is 0 Å². The van der Waals surface area contributed by atoms with E-state index in [9.17, 15) is 0 Å². The maximum absolute atomic E-state index is 2.38. The SMILES string of the molecule is c1ccc(-c2ccc(N(c3ccc(-c4ccc5c(ccc6ccccc65)c4)cc3)c3ccc4cc5c(cc4c3)-c3cc4ccccc4cc3-5)cc2)cc1. The van der Waals surface area contributed by atoms with E-state index < -0.39 is 0 Å². The normalized spacial score (nSPS) is 11.8. The van der Waals surface area contributed by atoms with Gasteiger partial charge in [-0.2, -0.15) is 0 Å². The lowest BCUT2D eigenvalue weighted by Crippen LogP contribution is -2.10. The smallest absolute Gasteiger partial charge is 0.0468 e. The Morgan fingerprint density at radius 1 is 0.226 bits per heavy atom. The molecule has 11 rings (SSSR count). The summed E-state index contributed by atoms with van der Waals surface area (Å²) in [6.45, 7) is 0. The first-order valence-corrected chi connectivity index (χ1v) is 18.3. The molecular weight excluding hydrogens is 639 g/mol. The Kier molecular flexibility index (Phi) is 6.62. The molecule has 0 spiro atoms. The van der Waals surface area contributed by atoms with E-state index in [2.05, 4.69) is 205 Å². The average molecular weight is 672 g/mol. The molecule has 53 heavy (non-hydrogen) atoms. The summed E-state index contributed by atoms with van der Waals surface area (Å²) in [6.07, 6.45) is 0. The molecular formula is C52H33N. The van der Waals surface area contributed by atoms with Gasteiger partial charge >= 0.3 is 0 Å². The van der Waals surface area contributed by atoms with E-state index in [0.29, 0.717) is 0 Å². The third kappa shape index (κ3) is 4.93. The van der Waals surface area contributed by atoms with Crippen molar-refractivity contribution in [3.8, 4) is 44.5 Å². The summed E-state index contributed by atoms with van der Waals surface area (Å²) in [7, 11) is 0. The lowest BCUT2D eigenvalue weighted by Gasteiger charge is -2.28. The molecule has 1 heteroatoms. The minimum Gasteiger partial charge on any atom is -0.310 e. The van der Waals surface area contributed by atoms with E-state index in [1.54, 1.807) is 0 Å². The summed E-state index contributed by atoms with van der Waals surface area (Å²) < 4.78 is 0. The number of hydrogen-bond donors (Lipinski definition) is 0. The Morgan fingerprint density at radius 3 is 1.32 bits per heavy atom. The van der Waals surface area contributed by atoms with Crippen LogP contribution in [0.1, 0.15) is 0 Å². The van der Waals surface area contributed by atoms with Crippen LogP contribution in [0.5, 0.6) is 0 Å². The van der Waals surface area contributed by atoms with Crippen molar-refractivity contribution >= 4 is 60.2 Å². The Labute approximate surface area is 308 Å². The van der Waals surface area contributed by atoms with E-state index in [0.717, 1.165) is 17.1 Å². The molecule has 0 fully saturated rings. The van der Waals surface area contributed by atoms with Crippen molar-refractivity contribution in [2.75, 3.05) is 4.90 Å². The number of nitrogens with zero attached hydrogens (tertiary/aromatic N) is 1. The van der Waals surface area contributed by atoms with Gasteiger partial charge in [-0.1, -0.05) is 133 Å². The second kappa shape index (κ2) is 11.8. The fourth-order valence-electron chi connectivity index (χ4n) is 8.37. The van der Waals surface area contributed by atoms with Gasteiger partial charge in [-0.05, 0) is 154 Å². The van der Waals surface area contributed by atoms with Gasteiger partial charge in [-0.15, -0.1) is 0 Å². The zero-order valence-electron chi connectivity index (χ0n) is 29.0. The van der Waals surface area contributed by atoms with E-state index in [1.165, 1.54) is 87.6 Å². The number of benzene rings is 10. The topological polar surface area (TPSA) is 3.24 Å². The van der Waals surface area contributed by atoms with Gasteiger partial charge in [0, 0.05) is 17.1 Å². The van der Waals surface area contributed by atoms with Crippen molar-refractivity contribution in [1.29, 1.82) is 0 Å². The van der Waals surface area contributed by atoms with Gasteiger partial charge < -0.3 is 4.90 Å². The fraction of sp³-hybridized carbons (Fsp3) is 0. The Morgan fingerprint density at radius 2 is 0.660 bits per heavy atom. The second-order valence-corrected chi connectivity index (χ2v) is 14.2. The van der Waals surface area contributed by atoms with Gasteiger partial charge in [0.1, 0.15) is 0 Å². The minimum absolute atomic E-state index is 1.12. The molecule has 1 aliphatic rings. The van der Waals surface area contributed by atoms with Crippen LogP contribution < -0.4 is 4.90 Å². The van der Waals surface area contributed by atoms with E-state index in [-0.39, 0.29) is 0 Å². The highest BCUT2D eigenvalue weighted by molar-refractivity contribution is 6.12. The highest BCUT2D eigenvalue weighted by Gasteiger charge is 2.24. The number of anilines is 3. The molecule has 0 unspecified atom stereocenters. The molecule has 0 bridgehead atoms. The van der Waals surface area contributed by atoms with Crippen LogP contribution in [-0.2, 0) is 0 Å². The molecule has 0 heterocycles. The molecule has 10 aromatic rings. The standard InChI is InChI=1S/C52H33N/c1-2-8-34(9-3-1)35-16-22-44(23-17-35)53(45-24-18-36(19-25-45)40-21-27-48-42(28-40)15-14-37-10-6-7-13-47(37)48)46-26-20-41-32-51-49-30-38-11-4-5-12-39(38)31-50(49)52(51)33-43(41)29-46/h1-33H. The van der Waals surface area contributed by atoms with Gasteiger partial charge in [-0.3, -0.25) is 0 Å². The van der Waals surface area contributed by atoms with Crippen LogP contribution in [-0.4, -0.2) is 0 Å². The molecule has 0 aromatic heterocycles.